The molecule has 0 heterocycles. The minimum absolute atomic E-state index is 0.0337. The van der Waals surface area contributed by atoms with Gasteiger partial charge < -0.3 is 10.2 Å². The predicted octanol–water partition coefficient (Wildman–Crippen LogP) is 3.30. The normalized spacial score (nSPS) is 12.7. The van der Waals surface area contributed by atoms with Crippen LogP contribution in [0.15, 0.2) is 12.0 Å². The zero-order chi connectivity index (χ0) is 14.0. The van der Waals surface area contributed by atoms with E-state index in [4.69, 9.17) is 5.11 Å². The molecule has 106 valence electrons. The maximum atomic E-state index is 10.9. The van der Waals surface area contributed by atoms with E-state index < -0.39 is 5.97 Å². The first-order valence-electron chi connectivity index (χ1n) is 6.98. The molecule has 0 radical (unpaired) electrons. The van der Waals surface area contributed by atoms with Crippen LogP contribution < -0.4 is 0 Å². The smallest absolute Gasteiger partial charge is 0.359 e. The highest BCUT2D eigenvalue weighted by atomic mass is 16.4. The SMILES string of the molecule is CCCCCC/C(O)=C/[N+](CC)(CC)CC(=O)O. The zero-order valence-electron chi connectivity index (χ0n) is 12.0. The number of quaternary nitrogens is 1. The lowest BCUT2D eigenvalue weighted by atomic mass is 10.1. The Bertz CT molecular complexity index is 270. The van der Waals surface area contributed by atoms with Crippen LogP contribution in [-0.2, 0) is 4.79 Å². The Morgan fingerprint density at radius 3 is 2.11 bits per heavy atom. The van der Waals surface area contributed by atoms with Gasteiger partial charge in [-0.15, -0.1) is 0 Å². The minimum Gasteiger partial charge on any atom is -0.507 e. The molecule has 0 aromatic heterocycles. The van der Waals surface area contributed by atoms with Gasteiger partial charge in [-0.05, 0) is 20.3 Å². The van der Waals surface area contributed by atoms with Gasteiger partial charge >= 0.3 is 5.97 Å². The highest BCUT2D eigenvalue weighted by molar-refractivity contribution is 5.68. The molecule has 0 saturated carbocycles. The summed E-state index contributed by atoms with van der Waals surface area (Å²) in [6.45, 7) is 7.45. The zero-order valence-corrected chi connectivity index (χ0v) is 12.0. The Hall–Kier alpha value is -1.03. The molecule has 0 aliphatic carbocycles. The molecule has 0 fully saturated rings. The minimum atomic E-state index is -0.825. The van der Waals surface area contributed by atoms with E-state index >= 15 is 0 Å². The van der Waals surface area contributed by atoms with Gasteiger partial charge in [-0.25, -0.2) is 4.79 Å². The van der Waals surface area contributed by atoms with Crippen molar-refractivity contribution < 1.29 is 19.5 Å². The van der Waals surface area contributed by atoms with Crippen molar-refractivity contribution in [3.8, 4) is 0 Å². The number of aliphatic hydroxyl groups is 1. The lowest BCUT2D eigenvalue weighted by Crippen LogP contribution is -2.46. The number of carboxylic acids is 1. The Kier molecular flexibility index (Phi) is 8.46. The van der Waals surface area contributed by atoms with Crippen LogP contribution in [0.3, 0.4) is 0 Å². The summed E-state index contributed by atoms with van der Waals surface area (Å²) in [5.41, 5.74) is 0. The van der Waals surface area contributed by atoms with Gasteiger partial charge in [0.1, 0.15) is 12.0 Å². The van der Waals surface area contributed by atoms with Crippen molar-refractivity contribution in [2.24, 2.45) is 0 Å². The van der Waals surface area contributed by atoms with Crippen molar-refractivity contribution in [1.29, 1.82) is 0 Å². The summed E-state index contributed by atoms with van der Waals surface area (Å²) in [5.74, 6) is -0.496. The number of nitrogens with zero attached hydrogens (tertiary/aromatic N) is 1. The molecular weight excluding hydrogens is 230 g/mol. The van der Waals surface area contributed by atoms with Gasteiger partial charge in [0.2, 0.25) is 0 Å². The van der Waals surface area contributed by atoms with Gasteiger partial charge in [0.15, 0.2) is 6.54 Å². The highest BCUT2D eigenvalue weighted by Crippen LogP contribution is 2.14. The molecule has 0 bridgehead atoms. The van der Waals surface area contributed by atoms with Gasteiger partial charge in [-0.2, -0.15) is 0 Å². The molecule has 0 aromatic rings. The standard InChI is InChI=1S/C14H27NO3/c1-4-7-8-9-10-13(16)11-15(5-2,6-3)12-14(17)18/h11H,4-10,12H2,1-3H3,(H-,16,17,18)/p+1/b13-11-. The molecule has 0 unspecified atom stereocenters. The Morgan fingerprint density at radius 2 is 1.67 bits per heavy atom. The molecular formula is C14H28NO3+. The van der Waals surface area contributed by atoms with Crippen molar-refractivity contribution >= 4 is 5.97 Å². The first kappa shape index (κ1) is 17.0. The van der Waals surface area contributed by atoms with E-state index in [2.05, 4.69) is 6.92 Å². The van der Waals surface area contributed by atoms with Crippen LogP contribution in [0, 0.1) is 0 Å². The maximum Gasteiger partial charge on any atom is 0.359 e. The fourth-order valence-electron chi connectivity index (χ4n) is 2.06. The fourth-order valence-corrected chi connectivity index (χ4v) is 2.06. The molecule has 0 spiro atoms. The summed E-state index contributed by atoms with van der Waals surface area (Å²) < 4.78 is 0.314. The molecule has 18 heavy (non-hydrogen) atoms. The average Bonchev–Trinajstić information content (AvgIpc) is 2.33. The number of aliphatic carboxylic acids is 1. The first-order chi connectivity index (χ1) is 8.49. The maximum absolute atomic E-state index is 10.9. The second-order valence-corrected chi connectivity index (χ2v) is 4.83. The number of likely N-dealkylation sites (N-methyl/N-ethyl adjacent to an activating group) is 1. The lowest BCUT2D eigenvalue weighted by molar-refractivity contribution is -0.869. The van der Waals surface area contributed by atoms with Crippen LogP contribution in [0.2, 0.25) is 0 Å². The van der Waals surface area contributed by atoms with Gasteiger partial charge in [-0.1, -0.05) is 26.2 Å². The van der Waals surface area contributed by atoms with E-state index in [-0.39, 0.29) is 6.54 Å². The lowest BCUT2D eigenvalue weighted by Gasteiger charge is -2.31. The number of hydrogen-bond donors (Lipinski definition) is 2. The summed E-state index contributed by atoms with van der Waals surface area (Å²) in [7, 11) is 0. The summed E-state index contributed by atoms with van der Waals surface area (Å²) in [6, 6.07) is 0. The molecule has 0 atom stereocenters. The average molecular weight is 258 g/mol. The van der Waals surface area contributed by atoms with Crippen LogP contribution >= 0.6 is 0 Å². The van der Waals surface area contributed by atoms with Crippen molar-refractivity contribution in [2.75, 3.05) is 19.6 Å². The number of allylic oxidation sites excluding steroid dienone is 1. The van der Waals surface area contributed by atoms with Crippen molar-refractivity contribution in [1.82, 2.24) is 0 Å². The predicted molar refractivity (Wildman–Crippen MR) is 73.3 cm³/mol. The number of unbranched alkanes of at least 4 members (excludes halogenated alkanes) is 3. The Labute approximate surface area is 111 Å². The van der Waals surface area contributed by atoms with Crippen LogP contribution in [0.5, 0.6) is 0 Å². The number of carbonyl (C=O) groups is 1. The number of carboxylic acid groups (broad SMARTS) is 1. The third kappa shape index (κ3) is 6.64. The highest BCUT2D eigenvalue weighted by Gasteiger charge is 2.25. The fraction of sp³-hybridized carbons (Fsp3) is 0.786. The Balaban J connectivity index is 4.47. The summed E-state index contributed by atoms with van der Waals surface area (Å²) >= 11 is 0. The largest absolute Gasteiger partial charge is 0.507 e. The van der Waals surface area contributed by atoms with Gasteiger partial charge in [0.05, 0.1) is 13.1 Å². The topological polar surface area (TPSA) is 57.5 Å². The van der Waals surface area contributed by atoms with Gasteiger partial charge in [0.25, 0.3) is 0 Å². The van der Waals surface area contributed by atoms with Crippen LogP contribution in [0.4, 0.5) is 0 Å². The summed E-state index contributed by atoms with van der Waals surface area (Å²) in [6.07, 6.45) is 6.82. The monoisotopic (exact) mass is 258 g/mol. The van der Waals surface area contributed by atoms with E-state index in [9.17, 15) is 9.90 Å². The summed E-state index contributed by atoms with van der Waals surface area (Å²) in [5, 5.41) is 18.9. The Morgan fingerprint density at radius 1 is 1.06 bits per heavy atom. The van der Waals surface area contributed by atoms with Crippen LogP contribution in [-0.4, -0.2) is 40.3 Å². The third-order valence-electron chi connectivity index (χ3n) is 3.42. The quantitative estimate of drug-likeness (QED) is 0.359. The van der Waals surface area contributed by atoms with Crippen molar-refractivity contribution in [2.45, 2.75) is 52.9 Å². The van der Waals surface area contributed by atoms with Gasteiger partial charge in [-0.3, -0.25) is 4.48 Å². The van der Waals surface area contributed by atoms with Crippen LogP contribution in [0.1, 0.15) is 52.9 Å². The van der Waals surface area contributed by atoms with E-state index in [0.29, 0.717) is 29.8 Å². The molecule has 0 saturated heterocycles. The molecule has 4 heteroatoms. The van der Waals surface area contributed by atoms with Gasteiger partial charge in [0, 0.05) is 6.42 Å². The second kappa shape index (κ2) is 8.97. The number of hydrogen-bond acceptors (Lipinski definition) is 2. The van der Waals surface area contributed by atoms with E-state index in [1.165, 1.54) is 12.8 Å². The second-order valence-electron chi connectivity index (χ2n) is 4.83. The van der Waals surface area contributed by atoms with E-state index in [0.717, 1.165) is 12.8 Å². The number of rotatable bonds is 10. The van der Waals surface area contributed by atoms with E-state index in [1.807, 2.05) is 13.8 Å². The molecule has 0 aliphatic heterocycles. The number of aliphatic hydroxyl groups excluding tert-OH is 1. The first-order valence-corrected chi connectivity index (χ1v) is 6.98. The van der Waals surface area contributed by atoms with Crippen LogP contribution in [0.25, 0.3) is 0 Å². The van der Waals surface area contributed by atoms with Crippen molar-refractivity contribution in [3.05, 3.63) is 12.0 Å². The molecule has 0 aliphatic rings. The van der Waals surface area contributed by atoms with Crippen molar-refractivity contribution in [3.63, 3.8) is 0 Å². The van der Waals surface area contributed by atoms with E-state index in [1.54, 1.807) is 6.20 Å². The molecule has 0 amide bonds. The summed E-state index contributed by atoms with van der Waals surface area (Å²) in [4.78, 5) is 10.9. The molecule has 2 N–H and O–H groups in total. The third-order valence-corrected chi connectivity index (χ3v) is 3.42. The molecule has 0 aromatic carbocycles. The molecule has 0 rings (SSSR count). The molecule has 4 nitrogen and oxygen atoms in total.